The van der Waals surface area contributed by atoms with Crippen molar-refractivity contribution in [1.29, 1.82) is 0 Å². The van der Waals surface area contributed by atoms with Crippen LogP contribution in [-0.2, 0) is 16.8 Å². The van der Waals surface area contributed by atoms with Crippen molar-refractivity contribution in [3.63, 3.8) is 0 Å². The van der Waals surface area contributed by atoms with Gasteiger partial charge in [0.2, 0.25) is 5.91 Å². The fraction of sp³-hybridized carbons (Fsp3) is 0.500. The Kier molecular flexibility index (Phi) is 6.94. The second-order valence-electron chi connectivity index (χ2n) is 8.97. The summed E-state index contributed by atoms with van der Waals surface area (Å²) in [4.78, 5) is 17.3. The summed E-state index contributed by atoms with van der Waals surface area (Å²) in [6.45, 7) is 7.10. The molecule has 2 aromatic carbocycles. The average Bonchev–Trinajstić information content (AvgIpc) is 2.81. The molecule has 0 aliphatic carbocycles. The van der Waals surface area contributed by atoms with E-state index in [-0.39, 0.29) is 5.41 Å². The highest BCUT2D eigenvalue weighted by Crippen LogP contribution is 2.45. The molecule has 0 N–H and O–H groups in total. The fourth-order valence-corrected chi connectivity index (χ4v) is 5.85. The maximum absolute atomic E-state index is 12.6. The maximum Gasteiger partial charge on any atom is 0.222 e. The summed E-state index contributed by atoms with van der Waals surface area (Å²) in [6, 6.07) is 19.7. The molecule has 0 spiro atoms. The summed E-state index contributed by atoms with van der Waals surface area (Å²) in [6.07, 6.45) is 5.33. The lowest BCUT2D eigenvalue weighted by Crippen LogP contribution is -2.54. The number of amides is 1. The summed E-state index contributed by atoms with van der Waals surface area (Å²) in [5.74, 6) is 0.941. The predicted molar refractivity (Wildman–Crippen MR) is 126 cm³/mol. The third kappa shape index (κ3) is 4.65. The van der Waals surface area contributed by atoms with Gasteiger partial charge in [-0.1, -0.05) is 65.3 Å². The molecule has 4 heteroatoms. The molecule has 0 bridgehead atoms. The number of rotatable bonds is 5. The highest BCUT2D eigenvalue weighted by molar-refractivity contribution is 9.10. The zero-order valence-corrected chi connectivity index (χ0v) is 19.6. The molecular weight excluding hydrogens is 436 g/mol. The van der Waals surface area contributed by atoms with Gasteiger partial charge in [-0.15, -0.1) is 0 Å². The Bertz CT molecular complexity index is 830. The number of nitrogens with zero attached hydrogens (tertiary/aromatic N) is 2. The van der Waals surface area contributed by atoms with Gasteiger partial charge in [-0.3, -0.25) is 9.69 Å². The van der Waals surface area contributed by atoms with E-state index in [2.05, 4.69) is 80.3 Å². The first-order valence-electron chi connectivity index (χ1n) is 11.4. The molecule has 4 rings (SSSR count). The quantitative estimate of drug-likeness (QED) is 0.567. The van der Waals surface area contributed by atoms with E-state index in [0.29, 0.717) is 18.2 Å². The van der Waals surface area contributed by atoms with Crippen LogP contribution in [-0.4, -0.2) is 41.9 Å². The van der Waals surface area contributed by atoms with Gasteiger partial charge in [0.1, 0.15) is 0 Å². The van der Waals surface area contributed by atoms with Crippen LogP contribution in [0.4, 0.5) is 0 Å². The predicted octanol–water partition coefficient (Wildman–Crippen LogP) is 5.63. The molecule has 3 nitrogen and oxygen atoms in total. The van der Waals surface area contributed by atoms with Crippen molar-refractivity contribution >= 4 is 21.8 Å². The number of carbonyl (C=O) groups excluding carboxylic acids is 1. The van der Waals surface area contributed by atoms with E-state index in [1.165, 1.54) is 30.4 Å². The summed E-state index contributed by atoms with van der Waals surface area (Å²) in [7, 11) is 0. The van der Waals surface area contributed by atoms with Crippen LogP contribution in [0, 0.1) is 5.92 Å². The maximum atomic E-state index is 12.6. The van der Waals surface area contributed by atoms with E-state index in [9.17, 15) is 4.79 Å². The van der Waals surface area contributed by atoms with Crippen LogP contribution in [0.1, 0.15) is 50.2 Å². The molecule has 2 aliphatic rings. The first-order chi connectivity index (χ1) is 14.6. The Balaban J connectivity index is 1.50. The second kappa shape index (κ2) is 9.65. The highest BCUT2D eigenvalue weighted by atomic mass is 79.9. The van der Waals surface area contributed by atoms with Crippen LogP contribution in [0.2, 0.25) is 0 Å². The van der Waals surface area contributed by atoms with Crippen molar-refractivity contribution in [2.75, 3.05) is 26.2 Å². The van der Waals surface area contributed by atoms with Crippen LogP contribution < -0.4 is 0 Å². The van der Waals surface area contributed by atoms with Gasteiger partial charge in [0.15, 0.2) is 0 Å². The molecule has 160 valence electrons. The molecule has 0 aromatic heterocycles. The number of hydrogen-bond acceptors (Lipinski definition) is 2. The zero-order chi connectivity index (χ0) is 21.0. The molecule has 0 radical (unpaired) electrons. The van der Waals surface area contributed by atoms with Gasteiger partial charge >= 0.3 is 0 Å². The first kappa shape index (κ1) is 21.6. The monoisotopic (exact) mass is 468 g/mol. The van der Waals surface area contributed by atoms with Crippen LogP contribution in [0.3, 0.4) is 0 Å². The van der Waals surface area contributed by atoms with Gasteiger partial charge < -0.3 is 4.90 Å². The lowest BCUT2D eigenvalue weighted by molar-refractivity contribution is -0.134. The minimum atomic E-state index is 0.105. The fourth-order valence-electron chi connectivity index (χ4n) is 5.59. The van der Waals surface area contributed by atoms with Gasteiger partial charge in [-0.05, 0) is 68.0 Å². The molecule has 2 aromatic rings. The summed E-state index contributed by atoms with van der Waals surface area (Å²) in [5, 5.41) is 0. The smallest absolute Gasteiger partial charge is 0.222 e. The van der Waals surface area contributed by atoms with E-state index in [1.807, 2.05) is 6.92 Å². The van der Waals surface area contributed by atoms with Crippen molar-refractivity contribution in [1.82, 2.24) is 9.80 Å². The number of likely N-dealkylation sites (tertiary alicyclic amines) is 2. The number of hydrogen-bond donors (Lipinski definition) is 0. The molecule has 2 fully saturated rings. The second-order valence-corrected chi connectivity index (χ2v) is 9.89. The van der Waals surface area contributed by atoms with Crippen molar-refractivity contribution in [3.05, 3.63) is 70.2 Å². The molecule has 1 unspecified atom stereocenters. The van der Waals surface area contributed by atoms with E-state index in [1.54, 1.807) is 0 Å². The standard InChI is InChI=1S/C26H33BrN2O/c1-2-25(30)29-16-6-15-26(20-29,22-7-4-3-5-8-22)23-13-17-28(18-14-23)19-21-9-11-24(27)12-10-21/h3-5,7-12,23H,2,6,13-20H2,1H3. The molecule has 30 heavy (non-hydrogen) atoms. The lowest BCUT2D eigenvalue weighted by Gasteiger charge is -2.50. The Morgan fingerprint density at radius 2 is 1.73 bits per heavy atom. The Morgan fingerprint density at radius 1 is 1.03 bits per heavy atom. The first-order valence-corrected chi connectivity index (χ1v) is 12.2. The van der Waals surface area contributed by atoms with Crippen molar-refractivity contribution in [3.8, 4) is 0 Å². The average molecular weight is 469 g/mol. The molecule has 1 amide bonds. The third-order valence-electron chi connectivity index (χ3n) is 7.22. The van der Waals surface area contributed by atoms with Gasteiger partial charge in [-0.2, -0.15) is 0 Å². The van der Waals surface area contributed by atoms with Crippen LogP contribution >= 0.6 is 15.9 Å². The van der Waals surface area contributed by atoms with Gasteiger partial charge in [0.05, 0.1) is 0 Å². The van der Waals surface area contributed by atoms with E-state index >= 15 is 0 Å². The molecule has 2 heterocycles. The molecular formula is C26H33BrN2O. The minimum absolute atomic E-state index is 0.105. The Hall–Kier alpha value is -1.65. The van der Waals surface area contributed by atoms with Gasteiger partial charge in [0.25, 0.3) is 0 Å². The third-order valence-corrected chi connectivity index (χ3v) is 7.74. The van der Waals surface area contributed by atoms with Gasteiger partial charge in [-0.25, -0.2) is 0 Å². The van der Waals surface area contributed by atoms with E-state index in [0.717, 1.165) is 43.6 Å². The summed E-state index contributed by atoms with van der Waals surface area (Å²) >= 11 is 3.53. The molecule has 0 saturated carbocycles. The number of halogens is 1. The Labute approximate surface area is 189 Å². The topological polar surface area (TPSA) is 23.6 Å². The number of piperidine rings is 2. The van der Waals surface area contributed by atoms with Gasteiger partial charge in [0, 0.05) is 35.9 Å². The van der Waals surface area contributed by atoms with Crippen molar-refractivity contribution in [2.45, 2.75) is 51.0 Å². The van der Waals surface area contributed by atoms with E-state index < -0.39 is 0 Å². The number of carbonyl (C=O) groups is 1. The molecule has 2 aliphatic heterocycles. The SMILES string of the molecule is CCC(=O)N1CCCC(c2ccccc2)(C2CCN(Cc3ccc(Br)cc3)CC2)C1. The Morgan fingerprint density at radius 3 is 2.40 bits per heavy atom. The molecule has 2 saturated heterocycles. The van der Waals surface area contributed by atoms with Crippen LogP contribution in [0.15, 0.2) is 59.1 Å². The molecule has 1 atom stereocenters. The normalized spacial score (nSPS) is 23.5. The minimum Gasteiger partial charge on any atom is -0.342 e. The summed E-state index contributed by atoms with van der Waals surface area (Å²) in [5.41, 5.74) is 2.92. The van der Waals surface area contributed by atoms with Crippen LogP contribution in [0.25, 0.3) is 0 Å². The summed E-state index contributed by atoms with van der Waals surface area (Å²) < 4.78 is 1.14. The highest BCUT2D eigenvalue weighted by Gasteiger charge is 2.45. The lowest BCUT2D eigenvalue weighted by atomic mass is 9.62. The van der Waals surface area contributed by atoms with E-state index in [4.69, 9.17) is 0 Å². The van der Waals surface area contributed by atoms with Crippen molar-refractivity contribution in [2.24, 2.45) is 5.92 Å². The van der Waals surface area contributed by atoms with Crippen LogP contribution in [0.5, 0.6) is 0 Å². The number of benzene rings is 2. The largest absolute Gasteiger partial charge is 0.342 e. The zero-order valence-electron chi connectivity index (χ0n) is 18.0. The van der Waals surface area contributed by atoms with Crippen molar-refractivity contribution < 1.29 is 4.79 Å².